The molecule has 1 aromatic rings. The fourth-order valence-electron chi connectivity index (χ4n) is 2.15. The molecule has 0 heterocycles. The third kappa shape index (κ3) is 5.22. The van der Waals surface area contributed by atoms with Gasteiger partial charge in [-0.2, -0.15) is 0 Å². The topological polar surface area (TPSA) is 29.3 Å². The van der Waals surface area contributed by atoms with Crippen LogP contribution in [0.1, 0.15) is 39.2 Å². The maximum atomic E-state index is 5.78. The third-order valence-corrected chi connectivity index (χ3v) is 3.10. The van der Waals surface area contributed by atoms with Crippen molar-refractivity contribution in [1.29, 1.82) is 0 Å². The first-order valence-electron chi connectivity index (χ1n) is 6.72. The monoisotopic (exact) mass is 234 g/mol. The van der Waals surface area contributed by atoms with Crippen molar-refractivity contribution in [3.8, 4) is 0 Å². The van der Waals surface area contributed by atoms with Crippen LogP contribution in [-0.4, -0.2) is 24.0 Å². The summed E-state index contributed by atoms with van der Waals surface area (Å²) in [7, 11) is 0. The molecule has 0 unspecified atom stereocenters. The van der Waals surface area contributed by atoms with Gasteiger partial charge in [0.25, 0.3) is 0 Å². The minimum atomic E-state index is 0.649. The number of nitrogens with two attached hydrogens (primary N) is 1. The van der Waals surface area contributed by atoms with Gasteiger partial charge in [0, 0.05) is 11.7 Å². The molecule has 0 saturated carbocycles. The number of nitrogen functional groups attached to an aromatic ring is 1. The van der Waals surface area contributed by atoms with Crippen LogP contribution in [0.25, 0.3) is 0 Å². The fraction of sp³-hybridized carbons (Fsp3) is 0.600. The van der Waals surface area contributed by atoms with E-state index in [1.807, 2.05) is 12.1 Å². The van der Waals surface area contributed by atoms with Crippen LogP contribution in [0.4, 0.5) is 5.69 Å². The number of benzene rings is 1. The summed E-state index contributed by atoms with van der Waals surface area (Å²) in [6.45, 7) is 9.18. The Balaban J connectivity index is 2.35. The zero-order valence-electron chi connectivity index (χ0n) is 11.4. The van der Waals surface area contributed by atoms with Crippen molar-refractivity contribution in [1.82, 2.24) is 4.90 Å². The molecule has 96 valence electrons. The maximum Gasteiger partial charge on any atom is 0.0316 e. The van der Waals surface area contributed by atoms with Crippen molar-refractivity contribution in [3.63, 3.8) is 0 Å². The van der Waals surface area contributed by atoms with Crippen LogP contribution < -0.4 is 5.73 Å². The van der Waals surface area contributed by atoms with Gasteiger partial charge in [-0.1, -0.05) is 19.1 Å². The number of hydrogen-bond donors (Lipinski definition) is 1. The van der Waals surface area contributed by atoms with E-state index >= 15 is 0 Å². The van der Waals surface area contributed by atoms with Gasteiger partial charge in [0.1, 0.15) is 0 Å². The van der Waals surface area contributed by atoms with Gasteiger partial charge in [-0.15, -0.1) is 0 Å². The van der Waals surface area contributed by atoms with E-state index in [4.69, 9.17) is 5.73 Å². The predicted octanol–water partition coefficient (Wildman–Crippen LogP) is 3.32. The quantitative estimate of drug-likeness (QED) is 0.733. The van der Waals surface area contributed by atoms with Crippen molar-refractivity contribution < 1.29 is 0 Å². The van der Waals surface area contributed by atoms with Crippen LogP contribution in [0.3, 0.4) is 0 Å². The molecule has 0 aliphatic heterocycles. The van der Waals surface area contributed by atoms with Crippen LogP contribution in [0, 0.1) is 0 Å². The first kappa shape index (κ1) is 14.0. The van der Waals surface area contributed by atoms with E-state index in [2.05, 4.69) is 37.8 Å². The highest BCUT2D eigenvalue weighted by Gasteiger charge is 2.07. The Morgan fingerprint density at radius 1 is 1.24 bits per heavy atom. The van der Waals surface area contributed by atoms with Crippen LogP contribution in [0.15, 0.2) is 24.3 Å². The smallest absolute Gasteiger partial charge is 0.0316 e. The van der Waals surface area contributed by atoms with Gasteiger partial charge in [-0.05, 0) is 63.9 Å². The van der Waals surface area contributed by atoms with E-state index in [0.717, 1.165) is 12.1 Å². The van der Waals surface area contributed by atoms with Crippen molar-refractivity contribution in [3.05, 3.63) is 29.8 Å². The highest BCUT2D eigenvalue weighted by molar-refractivity contribution is 5.40. The summed E-state index contributed by atoms with van der Waals surface area (Å²) >= 11 is 0. The second kappa shape index (κ2) is 7.33. The summed E-state index contributed by atoms with van der Waals surface area (Å²) in [4.78, 5) is 2.55. The zero-order valence-corrected chi connectivity index (χ0v) is 11.4. The molecule has 0 amide bonds. The Morgan fingerprint density at radius 2 is 2.00 bits per heavy atom. The summed E-state index contributed by atoms with van der Waals surface area (Å²) in [5, 5.41) is 0. The first-order valence-corrected chi connectivity index (χ1v) is 6.72. The van der Waals surface area contributed by atoms with E-state index < -0.39 is 0 Å². The van der Waals surface area contributed by atoms with E-state index in [0.29, 0.717) is 6.04 Å². The molecule has 0 fully saturated rings. The summed E-state index contributed by atoms with van der Waals surface area (Å²) in [6.07, 6.45) is 3.57. The van der Waals surface area contributed by atoms with Crippen LogP contribution >= 0.6 is 0 Å². The van der Waals surface area contributed by atoms with Crippen molar-refractivity contribution >= 4 is 5.69 Å². The fourth-order valence-corrected chi connectivity index (χ4v) is 2.15. The number of aryl methyl sites for hydroxylation is 1. The summed E-state index contributed by atoms with van der Waals surface area (Å²) in [5.41, 5.74) is 8.00. The lowest BCUT2D eigenvalue weighted by molar-refractivity contribution is 0.219. The molecule has 0 atom stereocenters. The predicted molar refractivity (Wildman–Crippen MR) is 76.2 cm³/mol. The number of rotatable bonds is 7. The Kier molecular flexibility index (Phi) is 6.06. The average Bonchev–Trinajstić information content (AvgIpc) is 2.28. The normalized spacial score (nSPS) is 11.4. The molecule has 2 nitrogen and oxygen atoms in total. The second-order valence-corrected chi connectivity index (χ2v) is 4.98. The Bertz CT molecular complexity index is 320. The molecule has 0 bridgehead atoms. The highest BCUT2D eigenvalue weighted by Crippen LogP contribution is 2.10. The van der Waals surface area contributed by atoms with E-state index in [1.165, 1.54) is 31.5 Å². The molecule has 0 aliphatic carbocycles. The molecule has 0 aromatic heterocycles. The van der Waals surface area contributed by atoms with Gasteiger partial charge in [0.15, 0.2) is 0 Å². The standard InChI is InChI=1S/C15H26N2/c1-4-10-17(13(2)3)11-6-8-14-7-5-9-15(16)12-14/h5,7,9,12-13H,4,6,8,10-11,16H2,1-3H3. The molecule has 0 saturated heterocycles. The maximum absolute atomic E-state index is 5.78. The van der Waals surface area contributed by atoms with Crippen LogP contribution in [0.2, 0.25) is 0 Å². The zero-order chi connectivity index (χ0) is 12.7. The molecule has 0 radical (unpaired) electrons. The average molecular weight is 234 g/mol. The lowest BCUT2D eigenvalue weighted by Crippen LogP contribution is -2.32. The van der Waals surface area contributed by atoms with Gasteiger partial charge in [0.05, 0.1) is 0 Å². The Morgan fingerprint density at radius 3 is 2.59 bits per heavy atom. The summed E-state index contributed by atoms with van der Waals surface area (Å²) in [6, 6.07) is 8.88. The van der Waals surface area contributed by atoms with Crippen molar-refractivity contribution in [2.45, 2.75) is 46.1 Å². The summed E-state index contributed by atoms with van der Waals surface area (Å²) in [5.74, 6) is 0. The molecule has 0 aliphatic rings. The number of anilines is 1. The first-order chi connectivity index (χ1) is 8.13. The molecular weight excluding hydrogens is 208 g/mol. The minimum absolute atomic E-state index is 0.649. The summed E-state index contributed by atoms with van der Waals surface area (Å²) < 4.78 is 0. The Labute approximate surface area is 106 Å². The van der Waals surface area contributed by atoms with Gasteiger partial charge in [-0.3, -0.25) is 0 Å². The molecule has 1 rings (SSSR count). The third-order valence-electron chi connectivity index (χ3n) is 3.10. The number of nitrogens with zero attached hydrogens (tertiary/aromatic N) is 1. The largest absolute Gasteiger partial charge is 0.399 e. The molecule has 2 heteroatoms. The lowest BCUT2D eigenvalue weighted by atomic mass is 10.1. The van der Waals surface area contributed by atoms with Gasteiger partial charge in [-0.25, -0.2) is 0 Å². The lowest BCUT2D eigenvalue weighted by Gasteiger charge is -2.25. The van der Waals surface area contributed by atoms with Crippen molar-refractivity contribution in [2.75, 3.05) is 18.8 Å². The van der Waals surface area contributed by atoms with Crippen LogP contribution in [0.5, 0.6) is 0 Å². The van der Waals surface area contributed by atoms with Gasteiger partial charge < -0.3 is 10.6 Å². The highest BCUT2D eigenvalue weighted by atomic mass is 15.1. The van der Waals surface area contributed by atoms with Gasteiger partial charge in [0.2, 0.25) is 0 Å². The molecule has 17 heavy (non-hydrogen) atoms. The van der Waals surface area contributed by atoms with Gasteiger partial charge >= 0.3 is 0 Å². The van der Waals surface area contributed by atoms with Crippen molar-refractivity contribution in [2.24, 2.45) is 0 Å². The van der Waals surface area contributed by atoms with Crippen LogP contribution in [-0.2, 0) is 6.42 Å². The SMILES string of the molecule is CCCN(CCCc1cccc(N)c1)C(C)C. The van der Waals surface area contributed by atoms with E-state index in [1.54, 1.807) is 0 Å². The second-order valence-electron chi connectivity index (χ2n) is 4.98. The molecular formula is C15H26N2. The minimum Gasteiger partial charge on any atom is -0.399 e. The van der Waals surface area contributed by atoms with E-state index in [-0.39, 0.29) is 0 Å². The number of hydrogen-bond acceptors (Lipinski definition) is 2. The molecule has 1 aromatic carbocycles. The Hall–Kier alpha value is -1.02. The molecule has 0 spiro atoms. The van der Waals surface area contributed by atoms with E-state index in [9.17, 15) is 0 Å². The molecule has 2 N–H and O–H groups in total.